The first-order chi connectivity index (χ1) is 30.7. The van der Waals surface area contributed by atoms with Crippen molar-refractivity contribution in [2.75, 3.05) is 0 Å². The fourth-order valence-corrected chi connectivity index (χ4v) is 7.72. The zero-order chi connectivity index (χ0) is 41.8. The predicted octanol–water partition coefficient (Wildman–Crippen LogP) is 15.3. The van der Waals surface area contributed by atoms with Crippen LogP contribution in [0, 0.1) is 0 Å². The van der Waals surface area contributed by atoms with Gasteiger partial charge in [0.15, 0.2) is 0 Å². The van der Waals surface area contributed by atoms with Crippen molar-refractivity contribution >= 4 is 47.6 Å². The van der Waals surface area contributed by atoms with Crippen molar-refractivity contribution in [3.8, 4) is 22.3 Å². The molecule has 0 amide bonds. The van der Waals surface area contributed by atoms with E-state index in [1.807, 2.05) is 24.8 Å². The minimum Gasteiger partial charge on any atom is -0.265 e. The topological polar surface area (TPSA) is 25.8 Å². The zero-order valence-electron chi connectivity index (χ0n) is 34.3. The second-order valence-electron chi connectivity index (χ2n) is 15.1. The van der Waals surface area contributed by atoms with Gasteiger partial charge in [0, 0.05) is 24.8 Å². The number of pyridine rings is 2. The molecular weight excluding hydrogens is 749 g/mol. The van der Waals surface area contributed by atoms with E-state index in [0.717, 1.165) is 55.6 Å². The zero-order valence-corrected chi connectivity index (χ0v) is 34.3. The van der Waals surface area contributed by atoms with Crippen molar-refractivity contribution in [3.63, 3.8) is 0 Å². The molecule has 0 radical (unpaired) electrons. The third-order valence-corrected chi connectivity index (χ3v) is 10.9. The lowest BCUT2D eigenvalue weighted by Crippen LogP contribution is -1.91. The summed E-state index contributed by atoms with van der Waals surface area (Å²) in [6, 6.07) is 72.8. The molecule has 7 aromatic carbocycles. The normalized spacial score (nSPS) is 11.1. The molecule has 0 unspecified atom stereocenters. The van der Waals surface area contributed by atoms with Crippen LogP contribution in [0.3, 0.4) is 0 Å². The first-order valence-corrected chi connectivity index (χ1v) is 20.9. The summed E-state index contributed by atoms with van der Waals surface area (Å²) in [5.74, 6) is 0. The number of aromatic nitrogens is 2. The molecule has 0 aliphatic heterocycles. The summed E-state index contributed by atoms with van der Waals surface area (Å²) in [6.45, 7) is 0. The summed E-state index contributed by atoms with van der Waals surface area (Å²) in [5, 5.41) is 0. The molecule has 0 bridgehead atoms. The minimum atomic E-state index is 1.11. The van der Waals surface area contributed by atoms with Crippen LogP contribution in [0.5, 0.6) is 0 Å². The Balaban J connectivity index is 1.04. The van der Waals surface area contributed by atoms with Gasteiger partial charge in [-0.1, -0.05) is 194 Å². The van der Waals surface area contributed by atoms with Gasteiger partial charge in [0.1, 0.15) is 0 Å². The molecule has 0 saturated carbocycles. The van der Waals surface area contributed by atoms with Crippen molar-refractivity contribution in [1.82, 2.24) is 9.97 Å². The Morgan fingerprint density at radius 3 is 0.887 bits per heavy atom. The lowest BCUT2D eigenvalue weighted by molar-refractivity contribution is 1.32. The van der Waals surface area contributed by atoms with Crippen molar-refractivity contribution in [1.29, 1.82) is 0 Å². The second-order valence-corrected chi connectivity index (χ2v) is 15.1. The van der Waals surface area contributed by atoms with Gasteiger partial charge in [-0.3, -0.25) is 9.97 Å². The molecule has 9 aromatic rings. The van der Waals surface area contributed by atoms with Gasteiger partial charge in [0.05, 0.1) is 0 Å². The molecule has 0 aliphatic carbocycles. The van der Waals surface area contributed by atoms with Crippen LogP contribution >= 0.6 is 0 Å². The Morgan fingerprint density at radius 1 is 0.290 bits per heavy atom. The Kier molecular flexibility index (Phi) is 12.2. The molecule has 2 heteroatoms. The van der Waals surface area contributed by atoms with E-state index in [9.17, 15) is 0 Å². The molecule has 62 heavy (non-hydrogen) atoms. The van der Waals surface area contributed by atoms with Gasteiger partial charge in [-0.05, 0) is 138 Å². The first kappa shape index (κ1) is 39.3. The van der Waals surface area contributed by atoms with Gasteiger partial charge in [-0.2, -0.15) is 0 Å². The quantitative estimate of drug-likeness (QED) is 0.115. The van der Waals surface area contributed by atoms with Crippen molar-refractivity contribution in [2.45, 2.75) is 0 Å². The summed E-state index contributed by atoms with van der Waals surface area (Å²) in [6.07, 6.45) is 20.8. The van der Waals surface area contributed by atoms with Crippen molar-refractivity contribution in [2.24, 2.45) is 0 Å². The average molecular weight is 793 g/mol. The molecule has 9 rings (SSSR count). The number of rotatable bonds is 12. The third kappa shape index (κ3) is 9.63. The van der Waals surface area contributed by atoms with Crippen LogP contribution in [0.2, 0.25) is 0 Å². The number of hydrogen-bond acceptors (Lipinski definition) is 2. The van der Waals surface area contributed by atoms with E-state index in [1.54, 1.807) is 0 Å². The van der Waals surface area contributed by atoms with Gasteiger partial charge in [0.25, 0.3) is 0 Å². The van der Waals surface area contributed by atoms with Crippen LogP contribution in [0.1, 0.15) is 55.6 Å². The van der Waals surface area contributed by atoms with E-state index in [0.29, 0.717) is 0 Å². The molecule has 2 heterocycles. The average Bonchev–Trinajstić information content (AvgIpc) is 3.36. The van der Waals surface area contributed by atoms with E-state index in [-0.39, 0.29) is 0 Å². The molecule has 0 atom stereocenters. The molecule has 0 aliphatic rings. The fraction of sp³-hybridized carbons (Fsp3) is 0. The van der Waals surface area contributed by atoms with Crippen LogP contribution in [0.25, 0.3) is 69.9 Å². The van der Waals surface area contributed by atoms with E-state index in [4.69, 9.17) is 0 Å². The maximum atomic E-state index is 4.34. The summed E-state index contributed by atoms with van der Waals surface area (Å²) in [4.78, 5) is 8.67. The Bertz CT molecular complexity index is 2680. The standard InChI is InChI=1S/C60H44N2/c1-5-13-49(14-6-1)57(50-15-7-2-8-16-50)41-47-25-21-45(22-26-47)29-31-55-43-60(54-35-39-62-40-36-54)56(44-59(55)53-33-37-61-38-34-53)32-30-46-23-27-48(28-24-46)42-58(51-17-9-3-10-18-51)52-19-11-4-12-20-52/h1-44H. The maximum Gasteiger partial charge on any atom is 0.0273 e. The Hall–Kier alpha value is -8.20. The Labute approximate surface area is 364 Å². The molecule has 2 aromatic heterocycles. The van der Waals surface area contributed by atoms with Crippen LogP contribution in [0.4, 0.5) is 0 Å². The fourth-order valence-electron chi connectivity index (χ4n) is 7.72. The van der Waals surface area contributed by atoms with Crippen molar-refractivity contribution < 1.29 is 0 Å². The van der Waals surface area contributed by atoms with Gasteiger partial charge in [0.2, 0.25) is 0 Å². The SMILES string of the molecule is C(=Cc1cc(-c2ccncc2)c(C=Cc2ccc(C=C(c3ccccc3)c3ccccc3)cc2)cc1-c1ccncc1)c1ccc(C=C(c2ccccc2)c2ccccc2)cc1. The lowest BCUT2D eigenvalue weighted by Gasteiger charge is -2.14. The molecule has 0 spiro atoms. The highest BCUT2D eigenvalue weighted by atomic mass is 14.6. The molecule has 0 fully saturated rings. The first-order valence-electron chi connectivity index (χ1n) is 20.9. The maximum absolute atomic E-state index is 4.34. The van der Waals surface area contributed by atoms with Crippen LogP contribution in [-0.4, -0.2) is 9.97 Å². The molecule has 2 nitrogen and oxygen atoms in total. The van der Waals surface area contributed by atoms with Gasteiger partial charge in [-0.25, -0.2) is 0 Å². The summed E-state index contributed by atoms with van der Waals surface area (Å²) < 4.78 is 0. The van der Waals surface area contributed by atoms with E-state index >= 15 is 0 Å². The molecular formula is C60H44N2. The highest BCUT2D eigenvalue weighted by Crippen LogP contribution is 2.35. The molecule has 0 N–H and O–H groups in total. The second kappa shape index (κ2) is 19.2. The summed E-state index contributed by atoms with van der Waals surface area (Å²) in [5.41, 5.74) is 18.4. The smallest absolute Gasteiger partial charge is 0.0273 e. The van der Waals surface area contributed by atoms with Gasteiger partial charge < -0.3 is 0 Å². The van der Waals surface area contributed by atoms with Crippen LogP contribution in [-0.2, 0) is 0 Å². The number of hydrogen-bond donors (Lipinski definition) is 0. The monoisotopic (exact) mass is 792 g/mol. The summed E-state index contributed by atoms with van der Waals surface area (Å²) in [7, 11) is 0. The van der Waals surface area contributed by atoms with E-state index < -0.39 is 0 Å². The van der Waals surface area contributed by atoms with E-state index in [1.165, 1.54) is 33.4 Å². The molecule has 294 valence electrons. The van der Waals surface area contributed by atoms with E-state index in [2.05, 4.69) is 253 Å². The largest absolute Gasteiger partial charge is 0.265 e. The number of nitrogens with zero attached hydrogens (tertiary/aromatic N) is 2. The predicted molar refractivity (Wildman–Crippen MR) is 263 cm³/mol. The summed E-state index contributed by atoms with van der Waals surface area (Å²) >= 11 is 0. The van der Waals surface area contributed by atoms with Crippen LogP contribution in [0.15, 0.2) is 231 Å². The third-order valence-electron chi connectivity index (χ3n) is 10.9. The highest BCUT2D eigenvalue weighted by molar-refractivity contribution is 5.94. The van der Waals surface area contributed by atoms with Gasteiger partial charge in [-0.15, -0.1) is 0 Å². The van der Waals surface area contributed by atoms with Crippen LogP contribution < -0.4 is 0 Å². The minimum absolute atomic E-state index is 1.11. The number of benzene rings is 7. The van der Waals surface area contributed by atoms with Gasteiger partial charge >= 0.3 is 0 Å². The lowest BCUT2D eigenvalue weighted by atomic mass is 9.90. The Morgan fingerprint density at radius 2 is 0.581 bits per heavy atom. The van der Waals surface area contributed by atoms with Crippen molar-refractivity contribution in [3.05, 3.63) is 287 Å². The molecule has 0 saturated heterocycles. The highest BCUT2D eigenvalue weighted by Gasteiger charge is 2.12.